The number of amides is 3. The second-order valence-corrected chi connectivity index (χ2v) is 7.65. The summed E-state index contributed by atoms with van der Waals surface area (Å²) in [5, 5.41) is 9.39. The summed E-state index contributed by atoms with van der Waals surface area (Å²) >= 11 is 0. The van der Waals surface area contributed by atoms with Crippen molar-refractivity contribution in [3.8, 4) is 17.0 Å². The van der Waals surface area contributed by atoms with Crippen molar-refractivity contribution in [2.45, 2.75) is 38.0 Å². The van der Waals surface area contributed by atoms with Gasteiger partial charge < -0.3 is 14.7 Å². The quantitative estimate of drug-likeness (QED) is 0.463. The van der Waals surface area contributed by atoms with Crippen molar-refractivity contribution >= 4 is 23.7 Å². The van der Waals surface area contributed by atoms with Gasteiger partial charge in [0.1, 0.15) is 18.4 Å². The number of benzene rings is 1. The van der Waals surface area contributed by atoms with Crippen molar-refractivity contribution in [2.24, 2.45) is 0 Å². The lowest BCUT2D eigenvalue weighted by Gasteiger charge is -2.29. The minimum atomic E-state index is -5.08. The molecule has 1 atom stereocenters. The third-order valence-corrected chi connectivity index (χ3v) is 5.17. The number of aromatic nitrogens is 1. The molecular weight excluding hydrogens is 497 g/mol. The van der Waals surface area contributed by atoms with Gasteiger partial charge in [-0.15, -0.1) is 0 Å². The van der Waals surface area contributed by atoms with Gasteiger partial charge in [-0.1, -0.05) is 6.07 Å². The van der Waals surface area contributed by atoms with E-state index in [0.29, 0.717) is 23.2 Å². The number of ether oxygens (including phenoxy) is 1. The number of aliphatic carboxylic acids is 1. The molecule has 1 saturated heterocycles. The highest BCUT2D eigenvalue weighted by atomic mass is 19.4. The molecule has 14 heteroatoms. The number of rotatable bonds is 5. The average molecular weight is 515 g/mol. The zero-order chi connectivity index (χ0) is 26.6. The number of pyridine rings is 1. The predicted octanol–water partition coefficient (Wildman–Crippen LogP) is 2.79. The molecule has 1 aromatic carbocycles. The molecule has 36 heavy (non-hydrogen) atoms. The van der Waals surface area contributed by atoms with Crippen molar-refractivity contribution in [3.63, 3.8) is 0 Å². The summed E-state index contributed by atoms with van der Waals surface area (Å²) in [6.07, 6.45) is -5.71. The van der Waals surface area contributed by atoms with E-state index in [1.807, 2.05) is 0 Å². The fraction of sp³-hybridized carbons (Fsp3) is 0.318. The van der Waals surface area contributed by atoms with Crippen LogP contribution >= 0.6 is 0 Å². The first-order valence-corrected chi connectivity index (χ1v) is 10.3. The van der Waals surface area contributed by atoms with Gasteiger partial charge in [0, 0.05) is 36.4 Å². The van der Waals surface area contributed by atoms with Crippen LogP contribution in [0.25, 0.3) is 11.3 Å². The summed E-state index contributed by atoms with van der Waals surface area (Å²) in [4.78, 5) is 50.8. The Balaban J connectivity index is 0.000000454. The average Bonchev–Trinajstić information content (AvgIpc) is 3.13. The van der Waals surface area contributed by atoms with Crippen LogP contribution in [0.3, 0.4) is 0 Å². The van der Waals surface area contributed by atoms with Gasteiger partial charge in [-0.2, -0.15) is 13.2 Å². The number of carboxylic acids is 1. The summed E-state index contributed by atoms with van der Waals surface area (Å²) in [5.41, 5.74) is 2.44. The van der Waals surface area contributed by atoms with Crippen LogP contribution in [0.4, 0.5) is 22.0 Å². The Kier molecular flexibility index (Phi) is 7.85. The summed E-state index contributed by atoms with van der Waals surface area (Å²) in [7, 11) is 0. The fourth-order valence-electron chi connectivity index (χ4n) is 3.55. The Morgan fingerprint density at radius 2 is 1.89 bits per heavy atom. The largest absolute Gasteiger partial charge is 0.490 e. The lowest BCUT2D eigenvalue weighted by molar-refractivity contribution is -0.192. The molecule has 1 fully saturated rings. The van der Waals surface area contributed by atoms with Crippen LogP contribution in [0.2, 0.25) is 0 Å². The molecule has 1 unspecified atom stereocenters. The van der Waals surface area contributed by atoms with Crippen LogP contribution < -0.4 is 10.1 Å². The van der Waals surface area contributed by atoms with Gasteiger partial charge in [0.2, 0.25) is 11.8 Å². The zero-order valence-corrected chi connectivity index (χ0v) is 18.2. The maximum Gasteiger partial charge on any atom is 0.490 e. The number of carbonyl (C=O) groups is 4. The van der Waals surface area contributed by atoms with Gasteiger partial charge in [-0.25, -0.2) is 13.6 Å². The number of fused-ring (bicyclic) bond motifs is 1. The van der Waals surface area contributed by atoms with E-state index in [4.69, 9.17) is 14.6 Å². The summed E-state index contributed by atoms with van der Waals surface area (Å²) < 4.78 is 61.5. The predicted molar refractivity (Wildman–Crippen MR) is 111 cm³/mol. The highest BCUT2D eigenvalue weighted by Crippen LogP contribution is 2.31. The normalized spacial score (nSPS) is 17.3. The molecule has 0 aliphatic carbocycles. The van der Waals surface area contributed by atoms with Crippen LogP contribution in [0.1, 0.15) is 28.8 Å². The molecule has 3 amide bonds. The Bertz CT molecular complexity index is 1190. The lowest BCUT2D eigenvalue weighted by Crippen LogP contribution is -2.52. The van der Waals surface area contributed by atoms with Gasteiger partial charge in [0.05, 0.1) is 5.69 Å². The number of hydrogen-bond acceptors (Lipinski definition) is 6. The molecule has 2 aliphatic heterocycles. The number of alkyl halides is 5. The Morgan fingerprint density at radius 1 is 1.19 bits per heavy atom. The Labute approximate surface area is 199 Å². The first-order chi connectivity index (χ1) is 16.9. The number of imide groups is 1. The van der Waals surface area contributed by atoms with Crippen molar-refractivity contribution in [1.29, 1.82) is 0 Å². The summed E-state index contributed by atoms with van der Waals surface area (Å²) in [5.74, 6) is -3.54. The van der Waals surface area contributed by atoms with Crippen LogP contribution in [0.5, 0.6) is 5.75 Å². The van der Waals surface area contributed by atoms with Gasteiger partial charge in [0.15, 0.2) is 0 Å². The SMILES string of the molecule is O=C(O)C(F)(F)F.O=C1CCC(N2Cc3cc(-c4cc(OCC(F)F)ccn4)ccc3C2=O)C(=O)N1. The first-order valence-electron chi connectivity index (χ1n) is 10.3. The van der Waals surface area contributed by atoms with E-state index in [1.54, 1.807) is 24.3 Å². The molecule has 2 aromatic rings. The lowest BCUT2D eigenvalue weighted by atomic mass is 10.0. The van der Waals surface area contributed by atoms with Crippen LogP contribution in [-0.4, -0.2) is 63.9 Å². The molecule has 0 bridgehead atoms. The van der Waals surface area contributed by atoms with E-state index in [2.05, 4.69) is 10.3 Å². The monoisotopic (exact) mass is 515 g/mol. The topological polar surface area (TPSA) is 126 Å². The Morgan fingerprint density at radius 3 is 2.50 bits per heavy atom. The highest BCUT2D eigenvalue weighted by molar-refractivity contribution is 6.05. The van der Waals surface area contributed by atoms with E-state index < -0.39 is 37.1 Å². The van der Waals surface area contributed by atoms with Gasteiger partial charge in [0.25, 0.3) is 12.3 Å². The minimum absolute atomic E-state index is 0.192. The fourth-order valence-corrected chi connectivity index (χ4v) is 3.55. The number of carboxylic acid groups (broad SMARTS) is 1. The summed E-state index contributed by atoms with van der Waals surface area (Å²) in [6, 6.07) is 7.53. The number of nitrogens with one attached hydrogen (secondary N) is 1. The molecule has 2 N–H and O–H groups in total. The maximum atomic E-state index is 12.7. The van der Waals surface area contributed by atoms with Gasteiger partial charge >= 0.3 is 12.1 Å². The van der Waals surface area contributed by atoms with E-state index in [-0.39, 0.29) is 30.5 Å². The standard InChI is InChI=1S/C20H17F2N3O4.C2HF3O2/c21-17(22)10-29-13-5-6-23-15(8-13)11-1-2-14-12(7-11)9-25(20(14)28)16-3-4-18(26)24-19(16)27;3-2(4,5)1(6)7/h1-2,5-8,16-17H,3-4,9-10H2,(H,24,26,27);(H,6,7). The molecule has 2 aliphatic rings. The minimum Gasteiger partial charge on any atom is -0.488 e. The molecule has 1 aromatic heterocycles. The zero-order valence-electron chi connectivity index (χ0n) is 18.2. The second-order valence-electron chi connectivity index (χ2n) is 7.65. The van der Waals surface area contributed by atoms with Crippen LogP contribution in [0, 0.1) is 0 Å². The Hall–Kier alpha value is -4.10. The first kappa shape index (κ1) is 26.5. The van der Waals surface area contributed by atoms with Crippen molar-refractivity contribution in [2.75, 3.05) is 6.61 Å². The molecule has 0 spiro atoms. The summed E-state index contributed by atoms with van der Waals surface area (Å²) in [6.45, 7) is -0.459. The molecule has 0 saturated carbocycles. The van der Waals surface area contributed by atoms with E-state index in [1.165, 1.54) is 17.2 Å². The van der Waals surface area contributed by atoms with Gasteiger partial charge in [-0.05, 0) is 30.2 Å². The molecule has 192 valence electrons. The molecule has 3 heterocycles. The number of halogens is 5. The highest BCUT2D eigenvalue weighted by Gasteiger charge is 2.39. The van der Waals surface area contributed by atoms with Gasteiger partial charge in [-0.3, -0.25) is 24.7 Å². The smallest absolute Gasteiger partial charge is 0.488 e. The molecular formula is C22H18F5N3O6. The molecule has 0 radical (unpaired) electrons. The van der Waals surface area contributed by atoms with Crippen molar-refractivity contribution < 1.29 is 51.0 Å². The number of piperidine rings is 1. The van der Waals surface area contributed by atoms with Crippen molar-refractivity contribution in [1.82, 2.24) is 15.2 Å². The van der Waals surface area contributed by atoms with E-state index >= 15 is 0 Å². The van der Waals surface area contributed by atoms with Crippen LogP contribution in [-0.2, 0) is 20.9 Å². The van der Waals surface area contributed by atoms with Crippen LogP contribution in [0.15, 0.2) is 36.5 Å². The second kappa shape index (κ2) is 10.7. The number of hydrogen-bond donors (Lipinski definition) is 2. The van der Waals surface area contributed by atoms with E-state index in [0.717, 1.165) is 5.56 Å². The third kappa shape index (κ3) is 6.31. The molecule has 9 nitrogen and oxygen atoms in total. The maximum absolute atomic E-state index is 12.7. The molecule has 4 rings (SSSR count). The number of carbonyl (C=O) groups excluding carboxylic acids is 3. The third-order valence-electron chi connectivity index (χ3n) is 5.17. The number of nitrogens with zero attached hydrogens (tertiary/aromatic N) is 2. The van der Waals surface area contributed by atoms with E-state index in [9.17, 15) is 36.3 Å². The van der Waals surface area contributed by atoms with Crippen molar-refractivity contribution in [3.05, 3.63) is 47.7 Å².